The molecule has 0 N–H and O–H groups in total. The predicted octanol–water partition coefficient (Wildman–Crippen LogP) is 45.2. The van der Waals surface area contributed by atoms with E-state index < -0.39 is 21.0 Å². The Bertz CT molecular complexity index is 1290. The molecule has 0 fully saturated rings. The zero-order chi connectivity index (χ0) is 61.1. The normalized spacial score (nSPS) is 16.2. The van der Waals surface area contributed by atoms with E-state index in [1.165, 1.54) is 0 Å². The molecule has 0 aromatic heterocycles. The van der Waals surface area contributed by atoms with Crippen LogP contribution in [0.1, 0.15) is 0 Å². The van der Waals surface area contributed by atoms with Crippen LogP contribution >= 0.6 is 615 Å². The van der Waals surface area contributed by atoms with E-state index in [9.17, 15) is 0 Å². The summed E-state index contributed by atoms with van der Waals surface area (Å²) in [7, 11) is 144. The van der Waals surface area contributed by atoms with Crippen LogP contribution in [-0.4, -0.2) is 0 Å². The van der Waals surface area contributed by atoms with Gasteiger partial charge in [0.2, 0.25) is 0 Å². The lowest BCUT2D eigenvalue weighted by molar-refractivity contribution is 4.31. The molecular formula is H79P77. The molecular weight excluding hydrogens is 2380 g/mol. The summed E-state index contributed by atoms with van der Waals surface area (Å²) in [5, 5.41) is 0. The van der Waals surface area contributed by atoms with Crippen LogP contribution in [0.15, 0.2) is 0 Å². The highest BCUT2D eigenvalue weighted by Crippen LogP contribution is 3.51. The summed E-state index contributed by atoms with van der Waals surface area (Å²) in [6.45, 7) is -11.9. The van der Waals surface area contributed by atoms with Gasteiger partial charge in [0.05, 0.1) is 0 Å². The highest BCUT2D eigenvalue weighted by Gasteiger charge is 2.64. The van der Waals surface area contributed by atoms with Crippen LogP contribution in [0.4, 0.5) is 0 Å². The molecule has 0 heterocycles. The third-order valence-electron chi connectivity index (χ3n) is 6.78. The smallest absolute Gasteiger partial charge is 0.00000581 e. The second kappa shape index (κ2) is 60.6. The van der Waals surface area contributed by atoms with Crippen molar-refractivity contribution in [1.82, 2.24) is 0 Å². The van der Waals surface area contributed by atoms with Gasteiger partial charge in [-0.15, -0.1) is 348 Å². The van der Waals surface area contributed by atoms with Crippen molar-refractivity contribution in [2.45, 2.75) is 0 Å². The van der Waals surface area contributed by atoms with Gasteiger partial charge in [-0.1, -0.05) is 7.96 Å². The third-order valence-corrected chi connectivity index (χ3v) is 549. The average molecular weight is 2460 g/mol. The summed E-state index contributed by atoms with van der Waals surface area (Å²) in [5.74, 6) is 0. The van der Waals surface area contributed by atoms with Gasteiger partial charge in [0.25, 0.3) is 0 Å². The third kappa shape index (κ3) is 39.0. The fourth-order valence-electron chi connectivity index (χ4n) is 4.67. The molecule has 44 atom stereocenters. The molecule has 0 rings (SSSR count). The summed E-state index contributed by atoms with van der Waals surface area (Å²) in [5.41, 5.74) is 0. The van der Waals surface area contributed by atoms with E-state index in [1.807, 2.05) is 0 Å². The molecule has 0 aliphatic heterocycles. The molecule has 0 aliphatic rings. The molecule has 0 aromatic carbocycles. The van der Waals surface area contributed by atoms with Gasteiger partial charge in [0, 0.05) is 0 Å². The summed E-state index contributed by atoms with van der Waals surface area (Å²) >= 11 is 0. The highest BCUT2D eigenvalue weighted by atomic mass is 33.6. The van der Waals surface area contributed by atoms with E-state index in [2.05, 4.69) is 348 Å². The molecule has 77 heavy (non-hydrogen) atoms. The first-order valence-corrected chi connectivity index (χ1v) is 158. The molecule has 0 amide bonds. The Morgan fingerprint density at radius 3 is 0.299 bits per heavy atom. The molecule has 0 radical (unpaired) electrons. The second-order valence-electron chi connectivity index (χ2n) is 12.2. The number of hydrogen-bond acceptors (Lipinski definition) is 0. The van der Waals surface area contributed by atoms with Crippen LogP contribution in [-0.2, 0) is 0 Å². The van der Waals surface area contributed by atoms with Crippen LogP contribution in [0.3, 0.4) is 0 Å². The van der Waals surface area contributed by atoms with E-state index in [1.54, 1.807) is 0 Å². The molecule has 77 heteroatoms. The molecule has 0 bridgehead atoms. The Hall–Kier alpha value is 33.1. The van der Waals surface area contributed by atoms with Crippen molar-refractivity contribution >= 4 is 615 Å². The second-order valence-corrected chi connectivity index (χ2v) is 329. The van der Waals surface area contributed by atoms with Gasteiger partial charge in [0.1, 0.15) is 0 Å². The van der Waals surface area contributed by atoms with Crippen LogP contribution in [0.5, 0.6) is 0 Å². The van der Waals surface area contributed by atoms with Gasteiger partial charge in [-0.05, 0) is 259 Å². The summed E-state index contributed by atoms with van der Waals surface area (Å²) in [6, 6.07) is 0. The van der Waals surface area contributed by atoms with Crippen molar-refractivity contribution in [2.75, 3.05) is 0 Å². The first kappa shape index (κ1) is 110. The minimum atomic E-state index is -0.426. The Labute approximate surface area is 605 Å². The lowest BCUT2D eigenvalue weighted by Gasteiger charge is -2.62. The Balaban J connectivity index is 12.4. The summed E-state index contributed by atoms with van der Waals surface area (Å²) in [6.07, 6.45) is 0. The standard InChI is InChI=1S/H79P77/c1-40-60(41(2)3)70(61(42(4)5)43(6)7)75(71(62(44(8)9)45(10)11)63(46(12)13)47(14)15)77(74(68(56(32)33)57(34)35)69(58(36)37)59(38)39)76(72(64(48(16)17)49(18)19)65(50(20)21)51(22)23)73(66(52(24)25)53(26)27)67(54(28)29)55(30)31/h40H,1-39H2. The van der Waals surface area contributed by atoms with E-state index in [0.717, 1.165) is 7.96 Å². The SMILES string of the molecule is PPP(P(P)P)P(P(P(P)P)P(P)P)P(P(P(P(P)P)P(P)P)P(P(P)P)P(P)P)P(P(P(P(P)P)P(P)P)P(P(P)P)P(P)P)P(P(P(P(P)P)P(P)P)P(P(P)P)P(P)P)P(P(P(P)P)P(P)P)P(P(P)P)P(P)P. The highest BCUT2D eigenvalue weighted by molar-refractivity contribution is 9.57. The van der Waals surface area contributed by atoms with Gasteiger partial charge in [0.15, 0.2) is 0 Å². The van der Waals surface area contributed by atoms with Crippen LogP contribution in [0.2, 0.25) is 0 Å². The Kier molecular flexibility index (Phi) is 86.6. The maximum absolute atomic E-state index is 3.69. The lowest BCUT2D eigenvalue weighted by atomic mass is 28.4. The monoisotopic (exact) mass is 2460 g/mol. The fourth-order valence-corrected chi connectivity index (χ4v) is 1140. The first-order chi connectivity index (χ1) is 35.1. The van der Waals surface area contributed by atoms with Crippen molar-refractivity contribution in [3.8, 4) is 0 Å². The van der Waals surface area contributed by atoms with Crippen LogP contribution in [0.25, 0.3) is 0 Å². The number of rotatable bonds is 37. The Morgan fingerprint density at radius 2 is 0.208 bits per heavy atom. The van der Waals surface area contributed by atoms with Crippen molar-refractivity contribution in [3.05, 3.63) is 0 Å². The molecule has 0 spiro atoms. The fraction of sp³-hybridized carbons (Fsp3) is 0. The predicted molar refractivity (Wildman–Crippen MR) is 643 cm³/mol. The van der Waals surface area contributed by atoms with Gasteiger partial charge >= 0.3 is 0 Å². The zero-order valence-corrected chi connectivity index (χ0v) is 119. The minimum absolute atomic E-state index is 0.238. The molecule has 0 saturated heterocycles. The van der Waals surface area contributed by atoms with E-state index in [0.29, 0.717) is 0 Å². The molecule has 44 unspecified atom stereocenters. The first-order valence-electron chi connectivity index (χ1n) is 17.5. The van der Waals surface area contributed by atoms with Gasteiger partial charge < -0.3 is 0 Å². The Morgan fingerprint density at radius 1 is 0.117 bits per heavy atom. The molecule has 464 valence electrons. The zero-order valence-electron chi connectivity index (χ0n) is 39.6. The van der Waals surface area contributed by atoms with Crippen molar-refractivity contribution < 1.29 is 0 Å². The molecule has 0 saturated carbocycles. The van der Waals surface area contributed by atoms with E-state index >= 15 is 0 Å². The average Bonchev–Trinajstić information content (AvgIpc) is 3.20. The van der Waals surface area contributed by atoms with Crippen LogP contribution < -0.4 is 0 Å². The molecule has 0 nitrogen and oxygen atoms in total. The van der Waals surface area contributed by atoms with Crippen LogP contribution in [0, 0.1) is 0 Å². The maximum Gasteiger partial charge on any atom is -0.00000581 e. The van der Waals surface area contributed by atoms with Gasteiger partial charge in [-0.2, -0.15) is 0 Å². The molecule has 0 aromatic rings. The maximum atomic E-state index is 3.69. The van der Waals surface area contributed by atoms with E-state index in [-0.39, 0.29) is 238 Å². The van der Waals surface area contributed by atoms with Gasteiger partial charge in [-0.25, -0.2) is 0 Å². The quantitative estimate of drug-likeness (QED) is 0.0544. The topological polar surface area (TPSA) is 0 Å². The lowest BCUT2D eigenvalue weighted by Crippen LogP contribution is -1.75. The van der Waals surface area contributed by atoms with Crippen molar-refractivity contribution in [2.24, 2.45) is 0 Å². The van der Waals surface area contributed by atoms with E-state index in [4.69, 9.17) is 0 Å². The van der Waals surface area contributed by atoms with Crippen molar-refractivity contribution in [3.63, 3.8) is 0 Å². The van der Waals surface area contributed by atoms with Crippen molar-refractivity contribution in [1.29, 1.82) is 0 Å². The minimum Gasteiger partial charge on any atom is -0.109 e. The van der Waals surface area contributed by atoms with Gasteiger partial charge in [-0.3, -0.25) is 0 Å². The largest absolute Gasteiger partial charge is 0.109 e. The number of hydrogen-bond donors (Lipinski definition) is 0. The molecule has 0 aliphatic carbocycles. The summed E-state index contributed by atoms with van der Waals surface area (Å²) < 4.78 is 0. The summed E-state index contributed by atoms with van der Waals surface area (Å²) in [4.78, 5) is 0.